The number of nitrogens with zero attached hydrogens (tertiary/aromatic N) is 3. The van der Waals surface area contributed by atoms with E-state index in [0.717, 1.165) is 31.4 Å². The number of primary amides is 1. The molecule has 3 atom stereocenters. The van der Waals surface area contributed by atoms with Gasteiger partial charge in [-0.15, -0.1) is 0 Å². The molecule has 1 heterocycles. The molecule has 8 nitrogen and oxygen atoms in total. The Bertz CT molecular complexity index is 998. The van der Waals surface area contributed by atoms with E-state index in [-0.39, 0.29) is 23.8 Å². The van der Waals surface area contributed by atoms with Gasteiger partial charge >= 0.3 is 0 Å². The van der Waals surface area contributed by atoms with E-state index in [1.165, 1.54) is 6.42 Å². The van der Waals surface area contributed by atoms with Crippen molar-refractivity contribution in [3.63, 3.8) is 0 Å². The number of carbonyl (C=O) groups is 2. The van der Waals surface area contributed by atoms with Crippen LogP contribution in [0.2, 0.25) is 5.02 Å². The molecule has 0 saturated heterocycles. The van der Waals surface area contributed by atoms with Crippen molar-refractivity contribution in [2.45, 2.75) is 50.6 Å². The van der Waals surface area contributed by atoms with Crippen LogP contribution in [0.3, 0.4) is 0 Å². The number of anilines is 2. The summed E-state index contributed by atoms with van der Waals surface area (Å²) in [6, 6.07) is 7.47. The van der Waals surface area contributed by atoms with Crippen molar-refractivity contribution in [1.82, 2.24) is 15.1 Å². The van der Waals surface area contributed by atoms with Crippen molar-refractivity contribution in [3.8, 4) is 0 Å². The molecule has 2 fully saturated rings. The lowest BCUT2D eigenvalue weighted by molar-refractivity contribution is -0.127. The van der Waals surface area contributed by atoms with Gasteiger partial charge in [-0.3, -0.25) is 14.3 Å². The maximum Gasteiger partial charge on any atom is 0.254 e. The molecule has 0 spiro atoms. The first-order chi connectivity index (χ1) is 15.4. The van der Waals surface area contributed by atoms with Crippen molar-refractivity contribution in [2.75, 3.05) is 12.4 Å². The standard InChI is InChI=1S/C23H29ClN6O2/c1-26-12-15-11-14(23(32)28-17-3-2-4-17)5-10-20(15)30-13-19(21(25)31)22(29-30)27-18-8-6-16(24)7-9-18/h6-9,12-15,17,20H,2-5,10-11H2,1H3,(H2,25,31)(H,27,29)(H,28,32). The third-order valence-electron chi connectivity index (χ3n) is 6.47. The van der Waals surface area contributed by atoms with E-state index in [1.54, 1.807) is 30.1 Å². The molecule has 0 radical (unpaired) electrons. The van der Waals surface area contributed by atoms with E-state index in [1.807, 2.05) is 18.3 Å². The van der Waals surface area contributed by atoms with E-state index in [9.17, 15) is 9.59 Å². The van der Waals surface area contributed by atoms with Crippen molar-refractivity contribution < 1.29 is 9.59 Å². The maximum atomic E-state index is 12.7. The Labute approximate surface area is 192 Å². The summed E-state index contributed by atoms with van der Waals surface area (Å²) in [5.41, 5.74) is 6.69. The lowest BCUT2D eigenvalue weighted by Crippen LogP contribution is -2.44. The summed E-state index contributed by atoms with van der Waals surface area (Å²) in [6.45, 7) is 0. The summed E-state index contributed by atoms with van der Waals surface area (Å²) < 4.78 is 1.80. The molecule has 32 heavy (non-hydrogen) atoms. The van der Waals surface area contributed by atoms with Gasteiger partial charge in [0, 0.05) is 48.0 Å². The summed E-state index contributed by atoms with van der Waals surface area (Å²) in [7, 11) is 1.74. The minimum absolute atomic E-state index is 0.00896. The van der Waals surface area contributed by atoms with Crippen molar-refractivity contribution in [1.29, 1.82) is 0 Å². The predicted molar refractivity (Wildman–Crippen MR) is 126 cm³/mol. The van der Waals surface area contributed by atoms with Gasteiger partial charge in [-0.25, -0.2) is 0 Å². The summed E-state index contributed by atoms with van der Waals surface area (Å²) in [5, 5.41) is 11.6. The fraction of sp³-hybridized carbons (Fsp3) is 0.478. The van der Waals surface area contributed by atoms with Gasteiger partial charge < -0.3 is 21.4 Å². The summed E-state index contributed by atoms with van der Waals surface area (Å²) in [6.07, 6.45) is 9.16. The molecule has 4 N–H and O–H groups in total. The Balaban J connectivity index is 1.52. The molecule has 9 heteroatoms. The quantitative estimate of drug-likeness (QED) is 0.551. The lowest BCUT2D eigenvalue weighted by atomic mass is 9.77. The second-order valence-electron chi connectivity index (χ2n) is 8.65. The zero-order valence-electron chi connectivity index (χ0n) is 18.1. The Hall–Kier alpha value is -2.87. The molecule has 4 rings (SSSR count). The van der Waals surface area contributed by atoms with Crippen LogP contribution < -0.4 is 16.4 Å². The zero-order valence-corrected chi connectivity index (χ0v) is 18.9. The number of nitrogens with one attached hydrogen (secondary N) is 2. The van der Waals surface area contributed by atoms with Crippen LogP contribution in [-0.4, -0.2) is 40.9 Å². The highest BCUT2D eigenvalue weighted by atomic mass is 35.5. The number of aromatic nitrogens is 2. The lowest BCUT2D eigenvalue weighted by Gasteiger charge is -2.35. The van der Waals surface area contributed by atoms with E-state index in [4.69, 9.17) is 17.3 Å². The fourth-order valence-electron chi connectivity index (χ4n) is 4.48. The van der Waals surface area contributed by atoms with Gasteiger partial charge in [0.1, 0.15) is 5.56 Å². The number of nitrogens with two attached hydrogens (primary N) is 1. The van der Waals surface area contributed by atoms with Crippen molar-refractivity contribution in [3.05, 3.63) is 41.0 Å². The minimum Gasteiger partial charge on any atom is -0.365 e. The molecular weight excluding hydrogens is 428 g/mol. The molecule has 2 aromatic rings. The smallest absolute Gasteiger partial charge is 0.254 e. The average Bonchev–Trinajstić information content (AvgIpc) is 3.16. The second kappa shape index (κ2) is 9.73. The number of carbonyl (C=O) groups excluding carboxylic acids is 2. The van der Waals surface area contributed by atoms with Crippen LogP contribution in [0.15, 0.2) is 35.5 Å². The van der Waals surface area contributed by atoms with Gasteiger partial charge in [0.15, 0.2) is 5.82 Å². The normalized spacial score (nSPS) is 23.6. The number of hydrogen-bond acceptors (Lipinski definition) is 5. The van der Waals surface area contributed by atoms with E-state index in [2.05, 4.69) is 20.7 Å². The Morgan fingerprint density at radius 1 is 1.22 bits per heavy atom. The monoisotopic (exact) mass is 456 g/mol. The molecule has 0 bridgehead atoms. The highest BCUT2D eigenvalue weighted by Gasteiger charge is 2.36. The number of halogens is 1. The Kier molecular flexibility index (Phi) is 6.79. The zero-order chi connectivity index (χ0) is 22.7. The van der Waals surface area contributed by atoms with Crippen LogP contribution in [0.5, 0.6) is 0 Å². The molecule has 170 valence electrons. The van der Waals surface area contributed by atoms with Crippen molar-refractivity contribution in [2.24, 2.45) is 22.6 Å². The largest absolute Gasteiger partial charge is 0.365 e. The second-order valence-corrected chi connectivity index (χ2v) is 9.09. The first-order valence-corrected chi connectivity index (χ1v) is 11.5. The highest BCUT2D eigenvalue weighted by molar-refractivity contribution is 6.30. The SMILES string of the molecule is CN=CC1CC(C(=O)NC2CCC2)CCC1n1cc(C(N)=O)c(Nc2ccc(Cl)cc2)n1. The fourth-order valence-corrected chi connectivity index (χ4v) is 4.61. The van der Waals surface area contributed by atoms with Gasteiger partial charge in [0.2, 0.25) is 5.91 Å². The number of hydrogen-bond donors (Lipinski definition) is 3. The van der Waals surface area contributed by atoms with Crippen LogP contribution in [0, 0.1) is 11.8 Å². The summed E-state index contributed by atoms with van der Waals surface area (Å²) >= 11 is 5.96. The van der Waals surface area contributed by atoms with Crippen molar-refractivity contribution >= 4 is 41.1 Å². The number of rotatable bonds is 7. The minimum atomic E-state index is -0.554. The Morgan fingerprint density at radius 3 is 2.59 bits per heavy atom. The van der Waals surface area contributed by atoms with Crippen LogP contribution in [0.25, 0.3) is 0 Å². The predicted octanol–water partition coefficient (Wildman–Crippen LogP) is 3.71. The third-order valence-corrected chi connectivity index (χ3v) is 6.72. The van der Waals surface area contributed by atoms with E-state index < -0.39 is 5.91 Å². The molecule has 0 aliphatic heterocycles. The third kappa shape index (κ3) is 4.96. The molecule has 1 aromatic heterocycles. The van der Waals surface area contributed by atoms with E-state index >= 15 is 0 Å². The molecule has 2 amide bonds. The van der Waals surface area contributed by atoms with Crippen LogP contribution in [-0.2, 0) is 4.79 Å². The molecule has 2 aliphatic rings. The van der Waals surface area contributed by atoms with E-state index in [0.29, 0.717) is 28.9 Å². The first-order valence-electron chi connectivity index (χ1n) is 11.1. The molecule has 1 aromatic carbocycles. The van der Waals surface area contributed by atoms with Crippen LogP contribution >= 0.6 is 11.6 Å². The first kappa shape index (κ1) is 22.3. The van der Waals surface area contributed by atoms with Gasteiger partial charge in [-0.2, -0.15) is 5.10 Å². The molecule has 3 unspecified atom stereocenters. The maximum absolute atomic E-state index is 12.7. The summed E-state index contributed by atoms with van der Waals surface area (Å²) in [5.74, 6) is -0.00698. The highest BCUT2D eigenvalue weighted by Crippen LogP contribution is 2.37. The topological polar surface area (TPSA) is 114 Å². The van der Waals surface area contributed by atoms with Gasteiger partial charge in [-0.1, -0.05) is 11.6 Å². The molecule has 2 aliphatic carbocycles. The van der Waals surface area contributed by atoms with Gasteiger partial charge in [0.25, 0.3) is 5.91 Å². The summed E-state index contributed by atoms with van der Waals surface area (Å²) in [4.78, 5) is 29.0. The number of benzene rings is 1. The van der Waals surface area contributed by atoms with Gasteiger partial charge in [0.05, 0.1) is 6.04 Å². The number of aliphatic imine (C=N–C) groups is 1. The number of amides is 2. The Morgan fingerprint density at radius 2 is 1.97 bits per heavy atom. The van der Waals surface area contributed by atoms with Gasteiger partial charge in [-0.05, 0) is 62.8 Å². The average molecular weight is 457 g/mol. The van der Waals surface area contributed by atoms with Crippen LogP contribution in [0.4, 0.5) is 11.5 Å². The molecule has 2 saturated carbocycles. The molecular formula is C23H29ClN6O2. The van der Waals surface area contributed by atoms with Crippen LogP contribution in [0.1, 0.15) is 54.9 Å².